The molecule has 0 spiro atoms. The van der Waals surface area contributed by atoms with Gasteiger partial charge in [-0.05, 0) is 49.5 Å². The largest absolute Gasteiger partial charge is 0.480 e. The Hall–Kier alpha value is -1.42. The normalized spacial score (nSPS) is 19.7. The van der Waals surface area contributed by atoms with E-state index in [1.807, 2.05) is 4.90 Å². The lowest BCUT2D eigenvalue weighted by Gasteiger charge is -2.34. The quantitative estimate of drug-likeness (QED) is 0.898. The van der Waals surface area contributed by atoms with Crippen LogP contribution in [-0.4, -0.2) is 29.1 Å². The number of hydrogen-bond donors (Lipinski definition) is 1. The van der Waals surface area contributed by atoms with Gasteiger partial charge >= 0.3 is 5.97 Å². The maximum Gasteiger partial charge on any atom is 0.325 e. The number of carboxylic acids is 1. The van der Waals surface area contributed by atoms with Crippen LogP contribution in [-0.2, 0) is 4.79 Å². The number of benzene rings is 1. The Morgan fingerprint density at radius 2 is 1.89 bits per heavy atom. The lowest BCUT2D eigenvalue weighted by atomic mass is 9.96. The van der Waals surface area contributed by atoms with E-state index < -0.39 is 12.0 Å². The molecule has 1 unspecified atom stereocenters. The standard InChI is InChI=1S/C14H18FNO2/c1-10-6-8-16(9-7-10)13(14(17)18)11-2-4-12(15)5-3-11/h2-5,10,13H,6-9H2,1H3,(H,17,18). The minimum atomic E-state index is -0.865. The molecule has 1 N–H and O–H groups in total. The van der Waals surface area contributed by atoms with Crippen LogP contribution in [0.1, 0.15) is 31.4 Å². The predicted octanol–water partition coefficient (Wildman–Crippen LogP) is 2.68. The molecule has 0 saturated carbocycles. The molecule has 1 saturated heterocycles. The van der Waals surface area contributed by atoms with E-state index in [0.717, 1.165) is 25.9 Å². The van der Waals surface area contributed by atoms with Gasteiger partial charge in [0.25, 0.3) is 0 Å². The first kappa shape index (κ1) is 13.0. The lowest BCUT2D eigenvalue weighted by Crippen LogP contribution is -2.39. The number of halogens is 1. The summed E-state index contributed by atoms with van der Waals surface area (Å²) in [6, 6.07) is 5.10. The van der Waals surface area contributed by atoms with Crippen molar-refractivity contribution in [3.05, 3.63) is 35.6 Å². The van der Waals surface area contributed by atoms with E-state index >= 15 is 0 Å². The van der Waals surface area contributed by atoms with Gasteiger partial charge in [-0.1, -0.05) is 19.1 Å². The van der Waals surface area contributed by atoms with E-state index in [2.05, 4.69) is 6.92 Å². The Kier molecular flexibility index (Phi) is 3.97. The number of carboxylic acid groups (broad SMARTS) is 1. The van der Waals surface area contributed by atoms with Crippen LogP contribution in [0.15, 0.2) is 24.3 Å². The second-order valence-electron chi connectivity index (χ2n) is 5.01. The van der Waals surface area contributed by atoms with Crippen molar-refractivity contribution in [2.75, 3.05) is 13.1 Å². The topological polar surface area (TPSA) is 40.5 Å². The third kappa shape index (κ3) is 2.88. The van der Waals surface area contributed by atoms with E-state index in [4.69, 9.17) is 0 Å². The fourth-order valence-electron chi connectivity index (χ4n) is 2.44. The summed E-state index contributed by atoms with van der Waals surface area (Å²) in [5.41, 5.74) is 0.651. The molecule has 0 bridgehead atoms. The monoisotopic (exact) mass is 251 g/mol. The number of carbonyl (C=O) groups is 1. The predicted molar refractivity (Wildman–Crippen MR) is 66.7 cm³/mol. The lowest BCUT2D eigenvalue weighted by molar-refractivity contribution is -0.144. The molecule has 1 fully saturated rings. The smallest absolute Gasteiger partial charge is 0.325 e. The molecule has 3 nitrogen and oxygen atoms in total. The summed E-state index contributed by atoms with van der Waals surface area (Å²) >= 11 is 0. The van der Waals surface area contributed by atoms with Gasteiger partial charge in [0.05, 0.1) is 0 Å². The Labute approximate surface area is 106 Å². The van der Waals surface area contributed by atoms with Crippen LogP contribution in [0.25, 0.3) is 0 Å². The van der Waals surface area contributed by atoms with Gasteiger partial charge in [-0.2, -0.15) is 0 Å². The number of hydrogen-bond acceptors (Lipinski definition) is 2. The molecule has 1 aromatic carbocycles. The molecular weight excluding hydrogens is 233 g/mol. The first-order valence-corrected chi connectivity index (χ1v) is 6.30. The van der Waals surface area contributed by atoms with E-state index in [9.17, 15) is 14.3 Å². The minimum absolute atomic E-state index is 0.338. The van der Waals surface area contributed by atoms with E-state index in [1.165, 1.54) is 12.1 Å². The average Bonchev–Trinajstić information content (AvgIpc) is 2.34. The average molecular weight is 251 g/mol. The minimum Gasteiger partial charge on any atom is -0.480 e. The van der Waals surface area contributed by atoms with Crippen molar-refractivity contribution < 1.29 is 14.3 Å². The summed E-state index contributed by atoms with van der Waals surface area (Å²) in [4.78, 5) is 13.4. The van der Waals surface area contributed by atoms with Gasteiger partial charge in [-0.25, -0.2) is 4.39 Å². The Morgan fingerprint density at radius 3 is 2.39 bits per heavy atom. The highest BCUT2D eigenvalue weighted by Crippen LogP contribution is 2.27. The number of rotatable bonds is 3. The summed E-state index contributed by atoms with van der Waals surface area (Å²) < 4.78 is 12.9. The zero-order valence-electron chi connectivity index (χ0n) is 10.5. The fraction of sp³-hybridized carbons (Fsp3) is 0.500. The first-order valence-electron chi connectivity index (χ1n) is 6.30. The molecule has 4 heteroatoms. The third-order valence-electron chi connectivity index (χ3n) is 3.60. The Balaban J connectivity index is 2.18. The van der Waals surface area contributed by atoms with Crippen LogP contribution in [0.4, 0.5) is 4.39 Å². The third-order valence-corrected chi connectivity index (χ3v) is 3.60. The second kappa shape index (κ2) is 5.48. The molecule has 98 valence electrons. The van der Waals surface area contributed by atoms with Crippen LogP contribution in [0.3, 0.4) is 0 Å². The van der Waals surface area contributed by atoms with Gasteiger partial charge in [0.2, 0.25) is 0 Å². The summed E-state index contributed by atoms with van der Waals surface area (Å²) in [6.07, 6.45) is 2.04. The van der Waals surface area contributed by atoms with Crippen molar-refractivity contribution in [3.63, 3.8) is 0 Å². The summed E-state index contributed by atoms with van der Waals surface area (Å²) in [5.74, 6) is -0.546. The summed E-state index contributed by atoms with van der Waals surface area (Å²) in [7, 11) is 0. The molecule has 1 aromatic rings. The summed E-state index contributed by atoms with van der Waals surface area (Å²) in [6.45, 7) is 3.76. The SMILES string of the molecule is CC1CCN(C(C(=O)O)c2ccc(F)cc2)CC1. The molecule has 0 amide bonds. The van der Waals surface area contributed by atoms with Crippen molar-refractivity contribution in [2.45, 2.75) is 25.8 Å². The Bertz CT molecular complexity index is 410. The highest BCUT2D eigenvalue weighted by Gasteiger charge is 2.29. The number of piperidine rings is 1. The van der Waals surface area contributed by atoms with Crippen LogP contribution in [0.5, 0.6) is 0 Å². The van der Waals surface area contributed by atoms with Crippen LogP contribution in [0, 0.1) is 11.7 Å². The molecule has 1 aliphatic heterocycles. The highest BCUT2D eigenvalue weighted by molar-refractivity contribution is 5.75. The number of aliphatic carboxylic acids is 1. The van der Waals surface area contributed by atoms with Gasteiger partial charge < -0.3 is 5.11 Å². The molecule has 1 atom stereocenters. The van der Waals surface area contributed by atoms with Crippen LogP contribution < -0.4 is 0 Å². The van der Waals surface area contributed by atoms with E-state index in [1.54, 1.807) is 12.1 Å². The van der Waals surface area contributed by atoms with Gasteiger partial charge in [0.1, 0.15) is 11.9 Å². The molecular formula is C14H18FNO2. The van der Waals surface area contributed by atoms with Crippen molar-refractivity contribution >= 4 is 5.97 Å². The molecule has 18 heavy (non-hydrogen) atoms. The fourth-order valence-corrected chi connectivity index (χ4v) is 2.44. The van der Waals surface area contributed by atoms with Crippen molar-refractivity contribution in [2.24, 2.45) is 5.92 Å². The van der Waals surface area contributed by atoms with Gasteiger partial charge in [0, 0.05) is 0 Å². The van der Waals surface area contributed by atoms with Crippen LogP contribution in [0.2, 0.25) is 0 Å². The number of likely N-dealkylation sites (tertiary alicyclic amines) is 1. The van der Waals surface area contributed by atoms with Crippen molar-refractivity contribution in [3.8, 4) is 0 Å². The van der Waals surface area contributed by atoms with Crippen molar-refractivity contribution in [1.82, 2.24) is 4.90 Å². The summed E-state index contributed by atoms with van der Waals surface area (Å²) in [5, 5.41) is 9.38. The van der Waals surface area contributed by atoms with E-state index in [-0.39, 0.29) is 5.82 Å². The maximum absolute atomic E-state index is 12.9. The maximum atomic E-state index is 12.9. The van der Waals surface area contributed by atoms with Crippen LogP contribution >= 0.6 is 0 Å². The zero-order valence-corrected chi connectivity index (χ0v) is 10.5. The first-order chi connectivity index (χ1) is 8.58. The number of nitrogens with zero attached hydrogens (tertiary/aromatic N) is 1. The molecule has 2 rings (SSSR count). The van der Waals surface area contributed by atoms with Crippen molar-refractivity contribution in [1.29, 1.82) is 0 Å². The molecule has 1 heterocycles. The molecule has 1 aliphatic rings. The zero-order chi connectivity index (χ0) is 13.1. The van der Waals surface area contributed by atoms with E-state index in [0.29, 0.717) is 11.5 Å². The second-order valence-corrected chi connectivity index (χ2v) is 5.01. The van der Waals surface area contributed by atoms with Gasteiger partial charge in [0.15, 0.2) is 0 Å². The highest BCUT2D eigenvalue weighted by atomic mass is 19.1. The molecule has 0 aliphatic carbocycles. The molecule has 0 radical (unpaired) electrons. The molecule has 0 aromatic heterocycles. The van der Waals surface area contributed by atoms with Gasteiger partial charge in [-0.15, -0.1) is 0 Å². The Morgan fingerprint density at radius 1 is 1.33 bits per heavy atom. The van der Waals surface area contributed by atoms with Gasteiger partial charge in [-0.3, -0.25) is 9.69 Å².